The first-order valence-electron chi connectivity index (χ1n) is 12.1. The van der Waals surface area contributed by atoms with E-state index in [4.69, 9.17) is 4.74 Å². The Balaban J connectivity index is 1.60. The highest BCUT2D eigenvalue weighted by Gasteiger charge is 2.34. The summed E-state index contributed by atoms with van der Waals surface area (Å²) < 4.78 is 64.3. The number of alkyl halides is 3. The zero-order chi connectivity index (χ0) is 27.0. The number of ether oxygens (including phenoxy) is 1. The second kappa shape index (κ2) is 10.00. The van der Waals surface area contributed by atoms with Crippen LogP contribution in [0.15, 0.2) is 65.5 Å². The Kier molecular flexibility index (Phi) is 6.73. The van der Waals surface area contributed by atoms with Crippen molar-refractivity contribution in [1.29, 1.82) is 0 Å². The van der Waals surface area contributed by atoms with E-state index in [1.807, 2.05) is 4.90 Å². The molecule has 0 aliphatic carbocycles. The lowest BCUT2D eigenvalue weighted by Crippen LogP contribution is -2.30. The van der Waals surface area contributed by atoms with E-state index in [9.17, 15) is 27.2 Å². The van der Waals surface area contributed by atoms with Gasteiger partial charge < -0.3 is 14.4 Å². The molecule has 1 aliphatic rings. The average molecular weight is 528 g/mol. The van der Waals surface area contributed by atoms with Crippen molar-refractivity contribution < 1.29 is 27.1 Å². The van der Waals surface area contributed by atoms with Crippen LogP contribution in [-0.4, -0.2) is 35.6 Å². The van der Waals surface area contributed by atoms with Gasteiger partial charge >= 0.3 is 11.9 Å². The molecule has 5 rings (SSSR count). The average Bonchev–Trinajstić information content (AvgIpc) is 3.46. The van der Waals surface area contributed by atoms with Crippen LogP contribution in [-0.2, 0) is 23.9 Å². The second-order valence-corrected chi connectivity index (χ2v) is 9.23. The van der Waals surface area contributed by atoms with Gasteiger partial charge in [-0.2, -0.15) is 13.2 Å². The molecule has 0 radical (unpaired) electrons. The number of rotatable bonds is 7. The summed E-state index contributed by atoms with van der Waals surface area (Å²) in [6.07, 6.45) is -3.30. The fourth-order valence-electron chi connectivity index (χ4n) is 5.40. The second-order valence-electron chi connectivity index (χ2n) is 9.23. The predicted molar refractivity (Wildman–Crippen MR) is 135 cm³/mol. The van der Waals surface area contributed by atoms with Crippen LogP contribution < -0.4 is 15.3 Å². The van der Waals surface area contributed by atoms with E-state index in [-0.39, 0.29) is 24.6 Å². The van der Waals surface area contributed by atoms with Gasteiger partial charge in [0.2, 0.25) is 0 Å². The van der Waals surface area contributed by atoms with E-state index < -0.39 is 23.2 Å². The van der Waals surface area contributed by atoms with E-state index in [1.54, 1.807) is 34.9 Å². The summed E-state index contributed by atoms with van der Waals surface area (Å²) in [4.78, 5) is 26.8. The van der Waals surface area contributed by atoms with Crippen LogP contribution in [0.4, 0.5) is 23.2 Å². The Hall–Kier alpha value is -4.08. The number of hydrogen-bond donors (Lipinski definition) is 0. The molecular weight excluding hydrogens is 502 g/mol. The van der Waals surface area contributed by atoms with Gasteiger partial charge in [-0.05, 0) is 41.8 Å². The summed E-state index contributed by atoms with van der Waals surface area (Å²) in [5.74, 6) is -0.0923. The highest BCUT2D eigenvalue weighted by Crippen LogP contribution is 2.36. The first-order valence-corrected chi connectivity index (χ1v) is 12.1. The molecule has 0 N–H and O–H groups in total. The van der Waals surface area contributed by atoms with Crippen molar-refractivity contribution in [2.45, 2.75) is 31.6 Å². The number of hydrogen-bond acceptors (Lipinski definition) is 4. The molecule has 4 aromatic rings. The van der Waals surface area contributed by atoms with Gasteiger partial charge in [-0.15, -0.1) is 0 Å². The number of anilines is 1. The minimum atomic E-state index is -4.58. The Morgan fingerprint density at radius 2 is 1.76 bits per heavy atom. The molecular formula is C28H25F4N3O3. The summed E-state index contributed by atoms with van der Waals surface area (Å²) in [5.41, 5.74) is 0.476. The van der Waals surface area contributed by atoms with Crippen LogP contribution in [0.2, 0.25) is 0 Å². The number of carbonyl (C=O) groups is 1. The van der Waals surface area contributed by atoms with Crippen LogP contribution in [0.5, 0.6) is 5.75 Å². The first kappa shape index (κ1) is 25.6. The third-order valence-corrected chi connectivity index (χ3v) is 7.03. The molecule has 1 fully saturated rings. The monoisotopic (exact) mass is 527 g/mol. The van der Waals surface area contributed by atoms with Crippen molar-refractivity contribution in [3.8, 4) is 5.75 Å². The molecule has 0 unspecified atom stereocenters. The highest BCUT2D eigenvalue weighted by atomic mass is 19.4. The van der Waals surface area contributed by atoms with E-state index >= 15 is 0 Å². The quantitative estimate of drug-likeness (QED) is 0.245. The Bertz CT molecular complexity index is 1560. The third kappa shape index (κ3) is 4.44. The van der Waals surface area contributed by atoms with Crippen molar-refractivity contribution in [3.05, 3.63) is 93.7 Å². The van der Waals surface area contributed by atoms with E-state index in [2.05, 4.69) is 0 Å². The lowest BCUT2D eigenvalue weighted by atomic mass is 10.1. The van der Waals surface area contributed by atoms with Gasteiger partial charge in [0.15, 0.2) is 0 Å². The van der Waals surface area contributed by atoms with Crippen LogP contribution in [0.3, 0.4) is 0 Å². The molecule has 1 saturated heterocycles. The minimum Gasteiger partial charge on any atom is -0.494 e. The van der Waals surface area contributed by atoms with Gasteiger partial charge in [0.25, 0.3) is 0 Å². The van der Waals surface area contributed by atoms with Gasteiger partial charge in [0.05, 0.1) is 36.5 Å². The molecule has 6 nitrogen and oxygen atoms in total. The van der Waals surface area contributed by atoms with E-state index in [1.165, 1.54) is 35.9 Å². The molecule has 10 heteroatoms. The summed E-state index contributed by atoms with van der Waals surface area (Å²) in [6.45, 7) is 0.436. The van der Waals surface area contributed by atoms with Crippen LogP contribution in [0, 0.1) is 5.82 Å². The molecule has 0 bridgehead atoms. The molecule has 1 atom stereocenters. The maximum absolute atomic E-state index is 14.8. The number of carbonyl (C=O) groups excluding carboxylic acids is 1. The number of para-hydroxylation sites is 2. The number of methoxy groups -OCH3 is 1. The number of halogens is 4. The predicted octanol–water partition coefficient (Wildman–Crippen LogP) is 5.21. The topological polar surface area (TPSA) is 56.5 Å². The Morgan fingerprint density at radius 3 is 2.50 bits per heavy atom. The zero-order valence-electron chi connectivity index (χ0n) is 20.5. The molecule has 38 heavy (non-hydrogen) atoms. The summed E-state index contributed by atoms with van der Waals surface area (Å²) in [5, 5.41) is 0. The number of aromatic nitrogens is 2. The minimum absolute atomic E-state index is 0.0371. The molecule has 0 amide bonds. The number of nitrogens with zero attached hydrogens (tertiary/aromatic N) is 3. The van der Waals surface area contributed by atoms with Crippen molar-refractivity contribution in [2.75, 3.05) is 25.1 Å². The van der Waals surface area contributed by atoms with Crippen molar-refractivity contribution in [3.63, 3.8) is 0 Å². The normalized spacial score (nSPS) is 15.8. The van der Waals surface area contributed by atoms with Gasteiger partial charge in [-0.1, -0.05) is 36.4 Å². The standard InChI is InChI=1S/C28H25F4N3O3/c1-38-24-11-5-10-23-26(24)34(16-19-6-2-3-8-21(19)28(30,31)32)27(37)35(23)20-12-14-33(17-20)25-18(13-15-36)7-4-9-22(25)29/h2-11,15,20H,12-14,16-17H2,1H3/t20-/m1/s1. The summed E-state index contributed by atoms with van der Waals surface area (Å²) in [7, 11) is 1.44. The van der Waals surface area contributed by atoms with Crippen LogP contribution >= 0.6 is 0 Å². The maximum Gasteiger partial charge on any atom is 0.416 e. The van der Waals surface area contributed by atoms with E-state index in [0.717, 1.165) is 12.4 Å². The van der Waals surface area contributed by atoms with Crippen molar-refractivity contribution in [1.82, 2.24) is 9.13 Å². The van der Waals surface area contributed by atoms with Gasteiger partial charge in [-0.3, -0.25) is 9.13 Å². The molecule has 1 aromatic heterocycles. The fraction of sp³-hybridized carbons (Fsp3) is 0.286. The molecule has 0 spiro atoms. The smallest absolute Gasteiger partial charge is 0.416 e. The summed E-state index contributed by atoms with van der Waals surface area (Å²) in [6, 6.07) is 14.5. The number of aldehydes is 1. The van der Waals surface area contributed by atoms with E-state index in [0.29, 0.717) is 47.5 Å². The van der Waals surface area contributed by atoms with Gasteiger partial charge in [-0.25, -0.2) is 9.18 Å². The van der Waals surface area contributed by atoms with Crippen LogP contribution in [0.1, 0.15) is 29.2 Å². The number of benzene rings is 3. The summed E-state index contributed by atoms with van der Waals surface area (Å²) >= 11 is 0. The Morgan fingerprint density at radius 1 is 1.03 bits per heavy atom. The van der Waals surface area contributed by atoms with Crippen molar-refractivity contribution >= 4 is 23.0 Å². The molecule has 3 aromatic carbocycles. The molecule has 0 saturated carbocycles. The third-order valence-electron chi connectivity index (χ3n) is 7.03. The lowest BCUT2D eigenvalue weighted by Gasteiger charge is -2.22. The SMILES string of the molecule is COc1cccc2c1n(Cc1ccccc1C(F)(F)F)c(=O)n2[C@@H]1CCN(c2c(F)cccc2CC=O)C1. The molecule has 198 valence electrons. The van der Waals surface area contributed by atoms with Gasteiger partial charge in [0.1, 0.15) is 23.4 Å². The largest absolute Gasteiger partial charge is 0.494 e. The zero-order valence-corrected chi connectivity index (χ0v) is 20.5. The van der Waals surface area contributed by atoms with Crippen molar-refractivity contribution in [2.24, 2.45) is 0 Å². The first-order chi connectivity index (χ1) is 18.2. The number of fused-ring (bicyclic) bond motifs is 1. The maximum atomic E-state index is 14.8. The Labute approximate surface area is 215 Å². The fourth-order valence-corrected chi connectivity index (χ4v) is 5.40. The van der Waals surface area contributed by atoms with Crippen LogP contribution in [0.25, 0.3) is 11.0 Å². The highest BCUT2D eigenvalue weighted by molar-refractivity contribution is 5.83. The molecule has 2 heterocycles. The molecule has 1 aliphatic heterocycles. The lowest BCUT2D eigenvalue weighted by molar-refractivity contribution is -0.138. The van der Waals surface area contributed by atoms with Gasteiger partial charge in [0, 0.05) is 19.5 Å². The number of imidazole rings is 1.